The van der Waals surface area contributed by atoms with E-state index in [4.69, 9.17) is 17.2 Å². The normalized spacial score (nSPS) is 27.9. The summed E-state index contributed by atoms with van der Waals surface area (Å²) in [5.41, 5.74) is -2.74. The van der Waals surface area contributed by atoms with Crippen molar-refractivity contribution in [1.82, 2.24) is 10.2 Å². The standard InChI is InChI=1S/C31H40F6N4S/c1-7-10-12-29(6)20(5)25(11-13-38-29)27(26-14-19(4)21(8-2)18-41(26)9-3)40-28(42)39-24-16-22(30(32,33)34)15-23(17-24)31(35,36)37/h8,10-13,15-17,19-21,26-27H,2,7,9,14,18H2,1,3-6H3,(H2,39,40,42). The number of allylic oxidation sites excluding steroid dienone is 2. The highest BCUT2D eigenvalue weighted by Gasteiger charge is 2.43. The summed E-state index contributed by atoms with van der Waals surface area (Å²) >= 11 is 5.55. The number of thiocarbonyl (C=S) groups is 1. The minimum absolute atomic E-state index is 0.0483. The number of piperidine rings is 1. The van der Waals surface area contributed by atoms with Crippen molar-refractivity contribution in [2.75, 3.05) is 18.4 Å². The molecule has 4 nitrogen and oxygen atoms in total. The summed E-state index contributed by atoms with van der Waals surface area (Å²) in [5.74, 6) is 0.524. The maximum atomic E-state index is 13.5. The molecule has 0 aliphatic carbocycles. The molecule has 0 saturated carbocycles. The van der Waals surface area contributed by atoms with Crippen molar-refractivity contribution >= 4 is 29.2 Å². The lowest BCUT2D eigenvalue weighted by molar-refractivity contribution is -0.143. The number of hydrogen-bond acceptors (Lipinski definition) is 3. The van der Waals surface area contributed by atoms with Gasteiger partial charge in [0, 0.05) is 30.4 Å². The molecular weight excluding hydrogens is 574 g/mol. The lowest BCUT2D eigenvalue weighted by Gasteiger charge is -2.48. The number of likely N-dealkylation sites (N-methyl/N-ethyl adjacent to an activating group) is 1. The Morgan fingerprint density at radius 1 is 1.14 bits per heavy atom. The third-order valence-corrected chi connectivity index (χ3v) is 8.75. The summed E-state index contributed by atoms with van der Waals surface area (Å²) in [6.45, 7) is 15.9. The Bertz CT molecular complexity index is 1190. The third kappa shape index (κ3) is 7.83. The molecule has 2 heterocycles. The van der Waals surface area contributed by atoms with Crippen molar-refractivity contribution in [1.29, 1.82) is 0 Å². The lowest BCUT2D eigenvalue weighted by Crippen LogP contribution is -2.59. The fourth-order valence-electron chi connectivity index (χ4n) is 5.84. The van der Waals surface area contributed by atoms with Crippen LogP contribution in [0.1, 0.15) is 58.6 Å². The molecule has 42 heavy (non-hydrogen) atoms. The Labute approximate surface area is 250 Å². The van der Waals surface area contributed by atoms with E-state index in [2.05, 4.69) is 55.0 Å². The molecule has 2 aliphatic rings. The van der Waals surface area contributed by atoms with Gasteiger partial charge in [0.05, 0.1) is 22.7 Å². The van der Waals surface area contributed by atoms with Crippen LogP contribution in [-0.2, 0) is 12.4 Å². The Hall–Kier alpha value is -2.66. The fourth-order valence-corrected chi connectivity index (χ4v) is 6.08. The topological polar surface area (TPSA) is 39.7 Å². The molecule has 0 amide bonds. The van der Waals surface area contributed by atoms with E-state index in [-0.39, 0.29) is 35.1 Å². The van der Waals surface area contributed by atoms with Crippen molar-refractivity contribution in [2.24, 2.45) is 22.7 Å². The first-order valence-electron chi connectivity index (χ1n) is 14.2. The van der Waals surface area contributed by atoms with Gasteiger partial charge in [-0.05, 0) is 80.2 Å². The highest BCUT2D eigenvalue weighted by atomic mass is 32.1. The van der Waals surface area contributed by atoms with Gasteiger partial charge in [0.2, 0.25) is 0 Å². The Balaban J connectivity index is 2.01. The Kier molecular flexibility index (Phi) is 10.7. The number of anilines is 1. The largest absolute Gasteiger partial charge is 0.416 e. The van der Waals surface area contributed by atoms with Gasteiger partial charge in [0.15, 0.2) is 5.11 Å². The number of dihydropyridines is 1. The zero-order valence-corrected chi connectivity index (χ0v) is 25.4. The molecule has 2 aliphatic heterocycles. The summed E-state index contributed by atoms with van der Waals surface area (Å²) in [6, 6.07) is 0.933. The molecule has 6 unspecified atom stereocenters. The molecule has 1 saturated heterocycles. The van der Waals surface area contributed by atoms with Crippen LogP contribution >= 0.6 is 12.2 Å². The SMILES string of the molecule is C=CC1CN(CC)C(C(NC(=S)Nc2cc(C(F)(F)F)cc(C(F)(F)F)c2)C2=CC=NC(C)(C=CCC)C2C)CC1C. The van der Waals surface area contributed by atoms with Crippen LogP contribution in [0.15, 0.2) is 59.6 Å². The van der Waals surface area contributed by atoms with Crippen molar-refractivity contribution < 1.29 is 26.3 Å². The number of benzene rings is 1. The van der Waals surface area contributed by atoms with E-state index in [1.165, 1.54) is 0 Å². The summed E-state index contributed by atoms with van der Waals surface area (Å²) in [6.07, 6.45) is 1.51. The van der Waals surface area contributed by atoms with E-state index < -0.39 is 34.7 Å². The maximum Gasteiger partial charge on any atom is 0.416 e. The van der Waals surface area contributed by atoms with Crippen molar-refractivity contribution in [2.45, 2.75) is 77.4 Å². The molecule has 6 atom stereocenters. The highest BCUT2D eigenvalue weighted by Crippen LogP contribution is 2.40. The van der Waals surface area contributed by atoms with Gasteiger partial charge in [-0.3, -0.25) is 9.89 Å². The monoisotopic (exact) mass is 614 g/mol. The second kappa shape index (κ2) is 13.3. The van der Waals surface area contributed by atoms with Crippen LogP contribution < -0.4 is 10.6 Å². The van der Waals surface area contributed by atoms with Crippen molar-refractivity contribution in [3.8, 4) is 0 Å². The van der Waals surface area contributed by atoms with E-state index in [9.17, 15) is 26.3 Å². The zero-order chi connectivity index (χ0) is 31.5. The van der Waals surface area contributed by atoms with Crippen LogP contribution in [0.2, 0.25) is 0 Å². The zero-order valence-electron chi connectivity index (χ0n) is 24.6. The first-order valence-corrected chi connectivity index (χ1v) is 14.6. The van der Waals surface area contributed by atoms with E-state index in [0.717, 1.165) is 31.5 Å². The fraction of sp³-hybridized carbons (Fsp3) is 0.548. The number of alkyl halides is 6. The predicted octanol–water partition coefficient (Wildman–Crippen LogP) is 8.28. The van der Waals surface area contributed by atoms with Crippen LogP contribution in [0.4, 0.5) is 32.0 Å². The number of hydrogen-bond donors (Lipinski definition) is 2. The molecule has 0 bridgehead atoms. The van der Waals surface area contributed by atoms with E-state index in [1.807, 2.05) is 26.0 Å². The summed E-state index contributed by atoms with van der Waals surface area (Å²) in [4.78, 5) is 7.08. The Morgan fingerprint density at radius 3 is 2.29 bits per heavy atom. The number of aliphatic imine (C=N–C) groups is 1. The van der Waals surface area contributed by atoms with E-state index >= 15 is 0 Å². The molecule has 11 heteroatoms. The second-order valence-corrected chi connectivity index (χ2v) is 11.7. The smallest absolute Gasteiger partial charge is 0.354 e. The summed E-state index contributed by atoms with van der Waals surface area (Å²) in [5, 5.41) is 5.85. The first kappa shape index (κ1) is 33.8. The minimum Gasteiger partial charge on any atom is -0.354 e. The van der Waals surface area contributed by atoms with Gasteiger partial charge >= 0.3 is 12.4 Å². The molecule has 0 radical (unpaired) electrons. The van der Waals surface area contributed by atoms with Crippen molar-refractivity contribution in [3.05, 3.63) is 65.8 Å². The third-order valence-electron chi connectivity index (χ3n) is 8.53. The van der Waals surface area contributed by atoms with Crippen molar-refractivity contribution in [3.63, 3.8) is 0 Å². The quantitative estimate of drug-likeness (QED) is 0.176. The van der Waals surface area contributed by atoms with Gasteiger partial charge < -0.3 is 10.6 Å². The number of nitrogens with one attached hydrogen (secondary N) is 2. The molecule has 1 aromatic rings. The Morgan fingerprint density at radius 2 is 1.76 bits per heavy atom. The molecule has 0 aromatic heterocycles. The van der Waals surface area contributed by atoms with Gasteiger partial charge in [0.1, 0.15) is 0 Å². The van der Waals surface area contributed by atoms with Crippen LogP contribution in [0.25, 0.3) is 0 Å². The molecule has 3 rings (SSSR count). The second-order valence-electron chi connectivity index (χ2n) is 11.3. The average Bonchev–Trinajstić information content (AvgIpc) is 2.91. The number of nitrogens with zero attached hydrogens (tertiary/aromatic N) is 2. The summed E-state index contributed by atoms with van der Waals surface area (Å²) in [7, 11) is 0. The number of halogens is 6. The van der Waals surface area contributed by atoms with Gasteiger partial charge in [-0.2, -0.15) is 26.3 Å². The molecule has 2 N–H and O–H groups in total. The summed E-state index contributed by atoms with van der Waals surface area (Å²) < 4.78 is 80.8. The number of rotatable bonds is 8. The maximum absolute atomic E-state index is 13.5. The highest BCUT2D eigenvalue weighted by molar-refractivity contribution is 7.80. The van der Waals surface area contributed by atoms with Gasteiger partial charge in [-0.25, -0.2) is 0 Å². The van der Waals surface area contributed by atoms with Crippen LogP contribution in [-0.4, -0.2) is 46.9 Å². The molecular formula is C31H40F6N4S. The van der Waals surface area contributed by atoms with Gasteiger partial charge in [-0.1, -0.05) is 45.9 Å². The van der Waals surface area contributed by atoms with Gasteiger partial charge in [0.25, 0.3) is 0 Å². The molecule has 1 aromatic carbocycles. The molecule has 0 spiro atoms. The minimum atomic E-state index is -4.96. The average molecular weight is 615 g/mol. The number of likely N-dealkylation sites (tertiary alicyclic amines) is 1. The predicted molar refractivity (Wildman–Crippen MR) is 162 cm³/mol. The van der Waals surface area contributed by atoms with E-state index in [0.29, 0.717) is 18.1 Å². The van der Waals surface area contributed by atoms with E-state index in [1.54, 1.807) is 6.21 Å². The van der Waals surface area contributed by atoms with Crippen LogP contribution in [0, 0.1) is 17.8 Å². The molecule has 232 valence electrons. The molecule has 1 fully saturated rings. The van der Waals surface area contributed by atoms with Crippen LogP contribution in [0.5, 0.6) is 0 Å². The van der Waals surface area contributed by atoms with Gasteiger partial charge in [-0.15, -0.1) is 6.58 Å². The lowest BCUT2D eigenvalue weighted by atomic mass is 9.72. The first-order chi connectivity index (χ1) is 19.5. The van der Waals surface area contributed by atoms with Crippen LogP contribution in [0.3, 0.4) is 0 Å².